The zero-order valence-electron chi connectivity index (χ0n) is 18.6. The van der Waals surface area contributed by atoms with Crippen molar-refractivity contribution in [1.82, 2.24) is 9.97 Å². The van der Waals surface area contributed by atoms with Crippen LogP contribution in [0.1, 0.15) is 29.6 Å². The van der Waals surface area contributed by atoms with E-state index in [0.717, 1.165) is 52.5 Å². The molecule has 8 nitrogen and oxygen atoms in total. The van der Waals surface area contributed by atoms with E-state index in [1.807, 2.05) is 42.5 Å². The Hall–Kier alpha value is -3.37. The third-order valence-corrected chi connectivity index (χ3v) is 7.01. The molecule has 0 saturated heterocycles. The average molecular weight is 497 g/mol. The zero-order chi connectivity index (χ0) is 24.1. The van der Waals surface area contributed by atoms with Crippen molar-refractivity contribution < 1.29 is 16.8 Å². The van der Waals surface area contributed by atoms with E-state index in [-0.39, 0.29) is 5.92 Å². The van der Waals surface area contributed by atoms with Crippen LogP contribution < -0.4 is 9.44 Å². The second-order valence-corrected chi connectivity index (χ2v) is 12.2. The van der Waals surface area contributed by atoms with Crippen LogP contribution in [0.2, 0.25) is 0 Å². The maximum absolute atomic E-state index is 11.8. The van der Waals surface area contributed by atoms with Gasteiger partial charge in [-0.05, 0) is 53.8 Å². The molecule has 1 aliphatic carbocycles. The highest BCUT2D eigenvalue weighted by Crippen LogP contribution is 2.54. The highest BCUT2D eigenvalue weighted by molar-refractivity contribution is 7.92. The van der Waals surface area contributed by atoms with Gasteiger partial charge in [-0.25, -0.2) is 21.8 Å². The largest absolute Gasteiger partial charge is 0.342 e. The van der Waals surface area contributed by atoms with Crippen molar-refractivity contribution in [1.29, 1.82) is 0 Å². The topological polar surface area (TPSA) is 121 Å². The molecule has 0 bridgehead atoms. The van der Waals surface area contributed by atoms with E-state index in [4.69, 9.17) is 4.98 Å². The number of benzene rings is 3. The van der Waals surface area contributed by atoms with Crippen LogP contribution in [0.15, 0.2) is 66.7 Å². The second-order valence-electron chi connectivity index (χ2n) is 8.72. The number of imidazole rings is 1. The molecule has 4 aromatic rings. The van der Waals surface area contributed by atoms with E-state index in [1.54, 1.807) is 24.3 Å². The number of H-pyrrole nitrogens is 1. The van der Waals surface area contributed by atoms with Crippen LogP contribution in [-0.4, -0.2) is 39.3 Å². The first-order valence-electron chi connectivity index (χ1n) is 10.7. The van der Waals surface area contributed by atoms with Crippen molar-refractivity contribution >= 4 is 42.5 Å². The molecule has 1 saturated carbocycles. The van der Waals surface area contributed by atoms with Gasteiger partial charge in [0.25, 0.3) is 0 Å². The van der Waals surface area contributed by atoms with Crippen molar-refractivity contribution in [2.45, 2.75) is 18.3 Å². The van der Waals surface area contributed by atoms with Crippen LogP contribution in [-0.2, 0) is 20.0 Å². The van der Waals surface area contributed by atoms with Crippen molar-refractivity contribution in [2.24, 2.45) is 0 Å². The summed E-state index contributed by atoms with van der Waals surface area (Å²) in [6.07, 6.45) is 3.23. The molecule has 176 valence electrons. The fourth-order valence-corrected chi connectivity index (χ4v) is 5.42. The molecule has 2 atom stereocenters. The van der Waals surface area contributed by atoms with Crippen molar-refractivity contribution in [3.63, 3.8) is 0 Å². The molecular formula is C24H24N4O4S2. The minimum atomic E-state index is -3.40. The number of aromatic nitrogens is 2. The monoisotopic (exact) mass is 496 g/mol. The molecule has 1 aromatic heterocycles. The molecule has 1 fully saturated rings. The molecule has 0 aliphatic heterocycles. The van der Waals surface area contributed by atoms with Crippen molar-refractivity contribution in [2.75, 3.05) is 22.0 Å². The van der Waals surface area contributed by atoms with Crippen LogP contribution in [0.4, 0.5) is 11.4 Å². The highest BCUT2D eigenvalue weighted by atomic mass is 32.2. The second kappa shape index (κ2) is 8.14. The summed E-state index contributed by atoms with van der Waals surface area (Å²) < 4.78 is 51.4. The lowest BCUT2D eigenvalue weighted by molar-refractivity contribution is 0.605. The van der Waals surface area contributed by atoms with Gasteiger partial charge in [0.2, 0.25) is 20.0 Å². The quantitative estimate of drug-likeness (QED) is 0.353. The Balaban J connectivity index is 1.38. The van der Waals surface area contributed by atoms with Gasteiger partial charge in [-0.3, -0.25) is 9.44 Å². The number of anilines is 2. The molecule has 34 heavy (non-hydrogen) atoms. The minimum Gasteiger partial charge on any atom is -0.342 e. The van der Waals surface area contributed by atoms with Crippen molar-refractivity contribution in [3.05, 3.63) is 78.1 Å². The van der Waals surface area contributed by atoms with E-state index in [0.29, 0.717) is 17.3 Å². The van der Waals surface area contributed by atoms with Crippen LogP contribution in [0.25, 0.3) is 22.2 Å². The summed E-state index contributed by atoms with van der Waals surface area (Å²) in [5.74, 6) is 1.51. The van der Waals surface area contributed by atoms with E-state index >= 15 is 0 Å². The summed E-state index contributed by atoms with van der Waals surface area (Å²) in [5.41, 5.74) is 5.64. The normalized spacial score (nSPS) is 18.1. The first-order chi connectivity index (χ1) is 16.1. The first-order valence-corrected chi connectivity index (χ1v) is 14.5. The Morgan fingerprint density at radius 3 is 2.26 bits per heavy atom. The molecule has 2 unspecified atom stereocenters. The Kier molecular flexibility index (Phi) is 5.37. The number of hydrogen-bond acceptors (Lipinski definition) is 5. The zero-order valence-corrected chi connectivity index (χ0v) is 20.2. The number of nitrogens with one attached hydrogen (secondary N) is 3. The van der Waals surface area contributed by atoms with Gasteiger partial charge in [-0.15, -0.1) is 0 Å². The third-order valence-electron chi connectivity index (χ3n) is 5.82. The average Bonchev–Trinajstić information content (AvgIpc) is 3.43. The summed E-state index contributed by atoms with van der Waals surface area (Å²) in [7, 11) is -6.69. The Morgan fingerprint density at radius 2 is 1.56 bits per heavy atom. The molecule has 0 radical (unpaired) electrons. The van der Waals surface area contributed by atoms with Crippen LogP contribution >= 0.6 is 0 Å². The molecule has 3 N–H and O–H groups in total. The lowest BCUT2D eigenvalue weighted by atomic mass is 10.0. The number of rotatable bonds is 7. The fraction of sp³-hybridized carbons (Fsp3) is 0.208. The van der Waals surface area contributed by atoms with Crippen LogP contribution in [0.3, 0.4) is 0 Å². The van der Waals surface area contributed by atoms with Gasteiger partial charge in [0, 0.05) is 17.2 Å². The molecule has 10 heteroatoms. The molecule has 1 heterocycles. The van der Waals surface area contributed by atoms with Crippen LogP contribution in [0, 0.1) is 0 Å². The van der Waals surface area contributed by atoms with E-state index < -0.39 is 20.0 Å². The lowest BCUT2D eigenvalue weighted by Gasteiger charge is -2.10. The number of sulfonamides is 2. The third kappa shape index (κ3) is 4.92. The van der Waals surface area contributed by atoms with Gasteiger partial charge >= 0.3 is 0 Å². The van der Waals surface area contributed by atoms with Gasteiger partial charge in [-0.2, -0.15) is 0 Å². The van der Waals surface area contributed by atoms with Gasteiger partial charge < -0.3 is 4.98 Å². The summed E-state index contributed by atoms with van der Waals surface area (Å²) in [5, 5.41) is 0. The predicted molar refractivity (Wildman–Crippen MR) is 135 cm³/mol. The summed E-state index contributed by atoms with van der Waals surface area (Å²) in [6, 6.07) is 20.6. The SMILES string of the molecule is CS(=O)(=O)Nc1ccc(C2CC2c2nc3ccc(-c4ccccc4NS(C)(=O)=O)cc3[nH]2)cc1. The standard InChI is InChI=1S/C24H24N4O4S2/c1-33(29,30)27-17-10-7-15(8-11-17)19-14-20(19)24-25-22-12-9-16(13-23(22)26-24)18-5-3-4-6-21(18)28-34(2,31)32/h3-13,19-20,27-28H,14H2,1-2H3,(H,25,26). The number of fused-ring (bicyclic) bond motifs is 1. The molecule has 1 aliphatic rings. The van der Waals surface area contributed by atoms with Gasteiger partial charge in [-0.1, -0.05) is 36.4 Å². The summed E-state index contributed by atoms with van der Waals surface area (Å²) in [4.78, 5) is 8.21. The van der Waals surface area contributed by atoms with E-state index in [9.17, 15) is 16.8 Å². The first kappa shape index (κ1) is 22.4. The molecule has 0 amide bonds. The fourth-order valence-electron chi connectivity index (χ4n) is 4.27. The number of aromatic amines is 1. The molecule has 0 spiro atoms. The molecule has 3 aromatic carbocycles. The van der Waals surface area contributed by atoms with Crippen LogP contribution in [0.5, 0.6) is 0 Å². The van der Waals surface area contributed by atoms with Gasteiger partial charge in [0.1, 0.15) is 5.82 Å². The molecular weight excluding hydrogens is 472 g/mol. The maximum atomic E-state index is 11.8. The Labute approximate surface area is 198 Å². The highest BCUT2D eigenvalue weighted by Gasteiger charge is 2.41. The molecule has 5 rings (SSSR count). The Bertz CT molecular complexity index is 1590. The van der Waals surface area contributed by atoms with Crippen molar-refractivity contribution in [3.8, 4) is 11.1 Å². The lowest BCUT2D eigenvalue weighted by Crippen LogP contribution is -2.10. The Morgan fingerprint density at radius 1 is 0.853 bits per heavy atom. The number of hydrogen-bond donors (Lipinski definition) is 3. The smallest absolute Gasteiger partial charge is 0.229 e. The summed E-state index contributed by atoms with van der Waals surface area (Å²) in [6.45, 7) is 0. The minimum absolute atomic E-state index is 0.267. The van der Waals surface area contributed by atoms with E-state index in [1.165, 1.54) is 0 Å². The van der Waals surface area contributed by atoms with E-state index in [2.05, 4.69) is 14.4 Å². The van der Waals surface area contributed by atoms with Gasteiger partial charge in [0.05, 0.1) is 29.2 Å². The number of nitrogens with zero attached hydrogens (tertiary/aromatic N) is 1. The summed E-state index contributed by atoms with van der Waals surface area (Å²) >= 11 is 0. The maximum Gasteiger partial charge on any atom is 0.229 e. The predicted octanol–water partition coefficient (Wildman–Crippen LogP) is 4.24. The van der Waals surface area contributed by atoms with Gasteiger partial charge in [0.15, 0.2) is 0 Å². The number of para-hydroxylation sites is 1.